The zero-order valence-electron chi connectivity index (χ0n) is 16.1. The van der Waals surface area contributed by atoms with Gasteiger partial charge in [0, 0.05) is 0 Å². The van der Waals surface area contributed by atoms with Crippen LogP contribution in [0.2, 0.25) is 0 Å². The van der Waals surface area contributed by atoms with E-state index in [1.807, 2.05) is 6.92 Å². The second-order valence-corrected chi connectivity index (χ2v) is 8.91. The highest BCUT2D eigenvalue weighted by molar-refractivity contribution is 5.81. The Morgan fingerprint density at radius 3 is 2.31 bits per heavy atom. The van der Waals surface area contributed by atoms with Crippen molar-refractivity contribution < 1.29 is 29.0 Å². The van der Waals surface area contributed by atoms with E-state index in [2.05, 4.69) is 6.92 Å². The normalized spacial score (nSPS) is 44.5. The summed E-state index contributed by atoms with van der Waals surface area (Å²) < 4.78 is 10.3. The molecule has 0 spiro atoms. The van der Waals surface area contributed by atoms with Crippen molar-refractivity contribution in [1.82, 2.24) is 0 Å². The molecule has 0 aromatic rings. The molecule has 0 aliphatic heterocycles. The fraction of sp³-hybridized carbons (Fsp3) is 0.850. The summed E-state index contributed by atoms with van der Waals surface area (Å²) >= 11 is 0. The highest BCUT2D eigenvalue weighted by Crippen LogP contribution is 2.69. The summed E-state index contributed by atoms with van der Waals surface area (Å²) in [7, 11) is 2.78. The smallest absolute Gasteiger partial charge is 0.311 e. The number of ether oxygens (including phenoxy) is 2. The van der Waals surface area contributed by atoms with Gasteiger partial charge in [0.1, 0.15) is 0 Å². The average Bonchev–Trinajstić information content (AvgIpc) is 2.90. The van der Waals surface area contributed by atoms with Gasteiger partial charge in [0.15, 0.2) is 0 Å². The highest BCUT2D eigenvalue weighted by atomic mass is 16.5. The van der Waals surface area contributed by atoms with Gasteiger partial charge in [0.05, 0.1) is 31.5 Å². The largest absolute Gasteiger partial charge is 0.481 e. The third-order valence-corrected chi connectivity index (χ3v) is 7.85. The summed E-state index contributed by atoms with van der Waals surface area (Å²) in [6.07, 6.45) is 4.48. The molecule has 3 aliphatic rings. The minimum atomic E-state index is -0.789. The number of hydrogen-bond donors (Lipinski definition) is 1. The highest BCUT2D eigenvalue weighted by Gasteiger charge is 2.68. The van der Waals surface area contributed by atoms with E-state index in [4.69, 9.17) is 9.47 Å². The first-order valence-electron chi connectivity index (χ1n) is 9.59. The fourth-order valence-corrected chi connectivity index (χ4v) is 6.90. The van der Waals surface area contributed by atoms with E-state index in [1.54, 1.807) is 0 Å². The van der Waals surface area contributed by atoms with E-state index in [0.717, 1.165) is 19.3 Å². The number of carbonyl (C=O) groups is 3. The summed E-state index contributed by atoms with van der Waals surface area (Å²) in [5, 5.41) is 9.50. The molecule has 146 valence electrons. The summed E-state index contributed by atoms with van der Waals surface area (Å²) in [5.41, 5.74) is -0.912. The maximum atomic E-state index is 12.8. The molecular weight excluding hydrogens is 336 g/mol. The maximum absolute atomic E-state index is 12.8. The lowest BCUT2D eigenvalue weighted by atomic mass is 9.53. The Bertz CT molecular complexity index is 615. The first-order valence-corrected chi connectivity index (χ1v) is 9.59. The second-order valence-electron chi connectivity index (χ2n) is 8.91. The lowest BCUT2D eigenvalue weighted by Gasteiger charge is -2.50. The average molecular weight is 366 g/mol. The Labute approximate surface area is 154 Å². The second kappa shape index (κ2) is 6.54. The molecule has 7 atom stereocenters. The van der Waals surface area contributed by atoms with Crippen LogP contribution in [-0.4, -0.2) is 37.2 Å². The third-order valence-electron chi connectivity index (χ3n) is 7.85. The molecule has 0 saturated heterocycles. The van der Waals surface area contributed by atoms with Crippen LogP contribution in [0.25, 0.3) is 0 Å². The first-order chi connectivity index (χ1) is 12.2. The summed E-state index contributed by atoms with van der Waals surface area (Å²) in [5.74, 6) is -2.20. The molecular formula is C20H30O6. The number of rotatable bonds is 3. The molecule has 3 aliphatic carbocycles. The van der Waals surface area contributed by atoms with Gasteiger partial charge in [0.2, 0.25) is 0 Å². The van der Waals surface area contributed by atoms with E-state index in [9.17, 15) is 19.5 Å². The monoisotopic (exact) mass is 366 g/mol. The van der Waals surface area contributed by atoms with Gasteiger partial charge < -0.3 is 14.6 Å². The number of methoxy groups -OCH3 is 2. The van der Waals surface area contributed by atoms with E-state index < -0.39 is 23.2 Å². The molecule has 0 bridgehead atoms. The van der Waals surface area contributed by atoms with Crippen LogP contribution in [0.1, 0.15) is 52.4 Å². The number of carboxylic acids is 1. The van der Waals surface area contributed by atoms with E-state index >= 15 is 0 Å². The van der Waals surface area contributed by atoms with Crippen LogP contribution in [0.4, 0.5) is 0 Å². The summed E-state index contributed by atoms with van der Waals surface area (Å²) in [6, 6.07) is 0. The predicted molar refractivity (Wildman–Crippen MR) is 93.0 cm³/mol. The summed E-state index contributed by atoms with van der Waals surface area (Å²) in [6.45, 7) is 4.11. The molecule has 26 heavy (non-hydrogen) atoms. The van der Waals surface area contributed by atoms with Gasteiger partial charge in [-0.15, -0.1) is 0 Å². The van der Waals surface area contributed by atoms with Gasteiger partial charge in [0.25, 0.3) is 0 Å². The molecule has 3 rings (SSSR count). The molecule has 6 nitrogen and oxygen atoms in total. The molecule has 3 saturated carbocycles. The maximum Gasteiger partial charge on any atom is 0.311 e. The van der Waals surface area contributed by atoms with Crippen LogP contribution in [0, 0.1) is 40.4 Å². The van der Waals surface area contributed by atoms with Crippen molar-refractivity contribution >= 4 is 17.9 Å². The zero-order chi connectivity index (χ0) is 19.3. The van der Waals surface area contributed by atoms with Crippen molar-refractivity contribution in [1.29, 1.82) is 0 Å². The molecule has 0 aromatic heterocycles. The third kappa shape index (κ3) is 2.55. The molecule has 0 radical (unpaired) electrons. The minimum Gasteiger partial charge on any atom is -0.481 e. The topological polar surface area (TPSA) is 89.9 Å². The standard InChI is InChI=1S/C20H30O6/c1-19-8-5-9-20(2,18(24)26-4)15(19)14(17(23)25-3)12-10-11(16(21)22)6-7-13(12)19/h11-15H,5-10H2,1-4H3,(H,21,22)/t11-,12?,13?,14-,15?,19-,20+/m0/s1. The number of carbonyl (C=O) groups excluding carboxylic acids is 2. The molecule has 0 aromatic carbocycles. The van der Waals surface area contributed by atoms with Gasteiger partial charge in [-0.3, -0.25) is 14.4 Å². The number of aliphatic carboxylic acids is 1. The Balaban J connectivity index is 2.09. The number of carboxylic acid groups (broad SMARTS) is 1. The fourth-order valence-electron chi connectivity index (χ4n) is 6.90. The van der Waals surface area contributed by atoms with E-state index in [1.165, 1.54) is 14.2 Å². The van der Waals surface area contributed by atoms with Crippen LogP contribution in [-0.2, 0) is 23.9 Å². The molecule has 0 heterocycles. The molecule has 3 fully saturated rings. The van der Waals surface area contributed by atoms with Crippen molar-refractivity contribution in [3.8, 4) is 0 Å². The van der Waals surface area contributed by atoms with Crippen LogP contribution in [0.15, 0.2) is 0 Å². The van der Waals surface area contributed by atoms with E-state index in [0.29, 0.717) is 19.3 Å². The van der Waals surface area contributed by atoms with Crippen molar-refractivity contribution in [2.45, 2.75) is 52.4 Å². The zero-order valence-corrected chi connectivity index (χ0v) is 16.1. The number of hydrogen-bond acceptors (Lipinski definition) is 5. The minimum absolute atomic E-state index is 0.0469. The number of fused-ring (bicyclic) bond motifs is 3. The van der Waals surface area contributed by atoms with Crippen molar-refractivity contribution in [3.63, 3.8) is 0 Å². The molecule has 6 heteroatoms. The van der Waals surface area contributed by atoms with Crippen molar-refractivity contribution in [2.24, 2.45) is 40.4 Å². The Morgan fingerprint density at radius 1 is 1.04 bits per heavy atom. The SMILES string of the molecule is COC(=O)[C@H]1C2C[C@@H](C(=O)O)CCC2[C@]2(C)CCC[C@@](C)(C(=O)OC)C12. The number of esters is 2. The van der Waals surface area contributed by atoms with E-state index in [-0.39, 0.29) is 35.1 Å². The summed E-state index contributed by atoms with van der Waals surface area (Å²) in [4.78, 5) is 37.1. The molecule has 3 unspecified atom stereocenters. The van der Waals surface area contributed by atoms with Gasteiger partial charge in [-0.05, 0) is 62.2 Å². The lowest BCUT2D eigenvalue weighted by molar-refractivity contribution is -0.169. The van der Waals surface area contributed by atoms with Gasteiger partial charge >= 0.3 is 17.9 Å². The van der Waals surface area contributed by atoms with Crippen LogP contribution in [0.5, 0.6) is 0 Å². The Morgan fingerprint density at radius 2 is 1.73 bits per heavy atom. The van der Waals surface area contributed by atoms with Gasteiger partial charge in [-0.1, -0.05) is 13.3 Å². The van der Waals surface area contributed by atoms with Gasteiger partial charge in [-0.25, -0.2) is 0 Å². The van der Waals surface area contributed by atoms with Crippen molar-refractivity contribution in [3.05, 3.63) is 0 Å². The van der Waals surface area contributed by atoms with Crippen molar-refractivity contribution in [2.75, 3.05) is 14.2 Å². The first kappa shape index (κ1) is 19.2. The van der Waals surface area contributed by atoms with Crippen LogP contribution in [0.3, 0.4) is 0 Å². The Hall–Kier alpha value is -1.59. The predicted octanol–water partition coefficient (Wildman–Crippen LogP) is 2.89. The lowest BCUT2D eigenvalue weighted by Crippen LogP contribution is -2.51. The quantitative estimate of drug-likeness (QED) is 0.773. The van der Waals surface area contributed by atoms with Crippen LogP contribution >= 0.6 is 0 Å². The van der Waals surface area contributed by atoms with Gasteiger partial charge in [-0.2, -0.15) is 0 Å². The molecule has 0 amide bonds. The Kier molecular flexibility index (Phi) is 4.82. The van der Waals surface area contributed by atoms with Crippen LogP contribution < -0.4 is 0 Å². The molecule has 1 N–H and O–H groups in total.